The van der Waals surface area contributed by atoms with Crippen molar-refractivity contribution in [3.05, 3.63) is 35.6 Å². The van der Waals surface area contributed by atoms with Crippen molar-refractivity contribution >= 4 is 24.1 Å². The molecule has 1 aromatic rings. The van der Waals surface area contributed by atoms with E-state index in [1.165, 1.54) is 31.0 Å². The number of Topliss-reactive ketones (excluding diaryl/α,β-unsaturated/α-hetero) is 1. The highest BCUT2D eigenvalue weighted by Crippen LogP contribution is 2.28. The lowest BCUT2D eigenvalue weighted by Crippen LogP contribution is -2.45. The molecule has 26 heavy (non-hydrogen) atoms. The van der Waals surface area contributed by atoms with Crippen LogP contribution in [0, 0.1) is 17.7 Å². The molecule has 1 atom stereocenters. The van der Waals surface area contributed by atoms with E-state index >= 15 is 0 Å². The van der Waals surface area contributed by atoms with E-state index in [2.05, 4.69) is 5.32 Å². The summed E-state index contributed by atoms with van der Waals surface area (Å²) >= 11 is 0. The first-order valence-corrected chi connectivity index (χ1v) is 9.34. The van der Waals surface area contributed by atoms with Crippen LogP contribution in [0.1, 0.15) is 49.4 Å². The molecule has 2 aliphatic rings. The summed E-state index contributed by atoms with van der Waals surface area (Å²) in [5, 5.41) is 3.60. The molecule has 4 nitrogen and oxygen atoms in total. The molecule has 0 spiro atoms. The van der Waals surface area contributed by atoms with Crippen molar-refractivity contribution in [3.8, 4) is 0 Å². The van der Waals surface area contributed by atoms with Gasteiger partial charge >= 0.3 is 0 Å². The number of piperidine rings is 1. The number of likely N-dealkylation sites (tertiary alicyclic amines) is 1. The Morgan fingerprint density at radius 3 is 2.54 bits per heavy atom. The van der Waals surface area contributed by atoms with Crippen LogP contribution in [0.4, 0.5) is 4.39 Å². The first-order valence-electron chi connectivity index (χ1n) is 9.34. The highest BCUT2D eigenvalue weighted by atomic mass is 35.5. The zero-order valence-electron chi connectivity index (χ0n) is 15.2. The standard InChI is InChI=1S/C20H27FN2O2.ClH/c1-14(20(25)16-3-2-4-17(21)12-16)11-19(24)23-9-7-18(8-10-23)22-13-15-5-6-15;/h2-4,12,14-15,18,22H,5-11,13H2,1H3;1H. The van der Waals surface area contributed by atoms with Gasteiger partial charge in [0.1, 0.15) is 5.82 Å². The van der Waals surface area contributed by atoms with Gasteiger partial charge in [0.05, 0.1) is 0 Å². The molecule has 1 aliphatic heterocycles. The minimum absolute atomic E-state index is 0. The molecular formula is C20H28ClFN2O2. The van der Waals surface area contributed by atoms with Crippen molar-refractivity contribution < 1.29 is 14.0 Å². The Balaban J connectivity index is 0.00000243. The van der Waals surface area contributed by atoms with E-state index in [9.17, 15) is 14.0 Å². The van der Waals surface area contributed by atoms with E-state index in [4.69, 9.17) is 0 Å². The first kappa shape index (κ1) is 20.8. The third-order valence-electron chi connectivity index (χ3n) is 5.28. The molecule has 1 saturated heterocycles. The van der Waals surface area contributed by atoms with Crippen LogP contribution in [0.25, 0.3) is 0 Å². The average molecular weight is 383 g/mol. The van der Waals surface area contributed by atoms with Crippen molar-refractivity contribution in [2.24, 2.45) is 11.8 Å². The number of nitrogens with one attached hydrogen (secondary N) is 1. The molecule has 144 valence electrons. The fraction of sp³-hybridized carbons (Fsp3) is 0.600. The van der Waals surface area contributed by atoms with Gasteiger partial charge in [-0.1, -0.05) is 19.1 Å². The quantitative estimate of drug-likeness (QED) is 0.735. The zero-order valence-corrected chi connectivity index (χ0v) is 16.1. The number of rotatable bonds is 7. The van der Waals surface area contributed by atoms with E-state index in [0.29, 0.717) is 11.6 Å². The average Bonchev–Trinajstić information content (AvgIpc) is 3.44. The largest absolute Gasteiger partial charge is 0.343 e. The number of ketones is 1. The second kappa shape index (κ2) is 9.47. The second-order valence-electron chi connectivity index (χ2n) is 7.49. The van der Waals surface area contributed by atoms with Crippen LogP contribution in [0.15, 0.2) is 24.3 Å². The van der Waals surface area contributed by atoms with Crippen LogP contribution in [-0.2, 0) is 4.79 Å². The van der Waals surface area contributed by atoms with Gasteiger partial charge in [-0.05, 0) is 50.3 Å². The molecular weight excluding hydrogens is 355 g/mol. The lowest BCUT2D eigenvalue weighted by Gasteiger charge is -2.33. The van der Waals surface area contributed by atoms with E-state index in [1.54, 1.807) is 13.0 Å². The summed E-state index contributed by atoms with van der Waals surface area (Å²) in [7, 11) is 0. The summed E-state index contributed by atoms with van der Waals surface area (Å²) in [4.78, 5) is 26.7. The normalized spacial score (nSPS) is 18.9. The topological polar surface area (TPSA) is 49.4 Å². The van der Waals surface area contributed by atoms with Gasteiger partial charge in [-0.15, -0.1) is 12.4 Å². The number of benzene rings is 1. The Kier molecular flexibility index (Phi) is 7.59. The van der Waals surface area contributed by atoms with Gasteiger partial charge in [-0.2, -0.15) is 0 Å². The maximum absolute atomic E-state index is 13.3. The predicted molar refractivity (Wildman–Crippen MR) is 102 cm³/mol. The van der Waals surface area contributed by atoms with Gasteiger partial charge in [0.2, 0.25) is 5.91 Å². The van der Waals surface area contributed by atoms with Crippen LogP contribution < -0.4 is 5.32 Å². The molecule has 0 radical (unpaired) electrons. The van der Waals surface area contributed by atoms with Gasteiger partial charge in [0.15, 0.2) is 5.78 Å². The molecule has 1 heterocycles. The minimum atomic E-state index is -0.431. The summed E-state index contributed by atoms with van der Waals surface area (Å²) in [5.41, 5.74) is 0.336. The fourth-order valence-corrected chi connectivity index (χ4v) is 3.40. The number of nitrogens with zero attached hydrogens (tertiary/aromatic N) is 1. The monoisotopic (exact) mass is 382 g/mol. The summed E-state index contributed by atoms with van der Waals surface area (Å²) < 4.78 is 13.3. The van der Waals surface area contributed by atoms with Crippen molar-refractivity contribution in [2.75, 3.05) is 19.6 Å². The Hall–Kier alpha value is -1.46. The molecule has 1 saturated carbocycles. The van der Waals surface area contributed by atoms with Crippen molar-refractivity contribution in [3.63, 3.8) is 0 Å². The number of hydrogen-bond donors (Lipinski definition) is 1. The zero-order chi connectivity index (χ0) is 17.8. The molecule has 1 N–H and O–H groups in total. The number of carbonyl (C=O) groups excluding carboxylic acids is 2. The Morgan fingerprint density at radius 1 is 1.23 bits per heavy atom. The maximum atomic E-state index is 13.3. The van der Waals surface area contributed by atoms with Gasteiger partial charge < -0.3 is 10.2 Å². The molecule has 1 aromatic carbocycles. The van der Waals surface area contributed by atoms with E-state index in [1.807, 2.05) is 4.90 Å². The van der Waals surface area contributed by atoms with Crippen molar-refractivity contribution in [1.82, 2.24) is 10.2 Å². The number of carbonyl (C=O) groups is 2. The van der Waals surface area contributed by atoms with Gasteiger partial charge in [0, 0.05) is 37.0 Å². The molecule has 2 fully saturated rings. The molecule has 6 heteroatoms. The van der Waals surface area contributed by atoms with E-state index < -0.39 is 11.7 Å². The molecule has 3 rings (SSSR count). The molecule has 1 amide bonds. The van der Waals surface area contributed by atoms with Crippen LogP contribution >= 0.6 is 12.4 Å². The van der Waals surface area contributed by atoms with Crippen molar-refractivity contribution in [1.29, 1.82) is 0 Å². The van der Waals surface area contributed by atoms with Crippen LogP contribution in [0.3, 0.4) is 0 Å². The highest BCUT2D eigenvalue weighted by Gasteiger charge is 2.27. The third kappa shape index (κ3) is 5.78. The Labute approximate surface area is 160 Å². The van der Waals surface area contributed by atoms with E-state index in [0.717, 1.165) is 38.4 Å². The summed E-state index contributed by atoms with van der Waals surface area (Å²) in [6.07, 6.45) is 4.84. The smallest absolute Gasteiger partial charge is 0.223 e. The van der Waals surface area contributed by atoms with Gasteiger partial charge in [-0.3, -0.25) is 9.59 Å². The first-order chi connectivity index (χ1) is 12.0. The van der Waals surface area contributed by atoms with Gasteiger partial charge in [0.25, 0.3) is 0 Å². The molecule has 0 bridgehead atoms. The third-order valence-corrected chi connectivity index (χ3v) is 5.28. The Morgan fingerprint density at radius 2 is 1.92 bits per heavy atom. The Bertz CT molecular complexity index is 628. The maximum Gasteiger partial charge on any atom is 0.223 e. The lowest BCUT2D eigenvalue weighted by molar-refractivity contribution is -0.132. The number of halogens is 2. The summed E-state index contributed by atoms with van der Waals surface area (Å²) in [5.74, 6) is -0.133. The van der Waals surface area contributed by atoms with Gasteiger partial charge in [-0.25, -0.2) is 4.39 Å². The van der Waals surface area contributed by atoms with Crippen molar-refractivity contribution in [2.45, 2.75) is 45.1 Å². The summed E-state index contributed by atoms with van der Waals surface area (Å²) in [6, 6.07) is 6.19. The SMILES string of the molecule is CC(CC(=O)N1CCC(NCC2CC2)CC1)C(=O)c1cccc(F)c1.Cl. The second-order valence-corrected chi connectivity index (χ2v) is 7.49. The number of hydrogen-bond acceptors (Lipinski definition) is 3. The van der Waals surface area contributed by atoms with Crippen LogP contribution in [-0.4, -0.2) is 42.3 Å². The van der Waals surface area contributed by atoms with Crippen LogP contribution in [0.5, 0.6) is 0 Å². The predicted octanol–water partition coefficient (Wildman–Crippen LogP) is 3.45. The minimum Gasteiger partial charge on any atom is -0.343 e. The lowest BCUT2D eigenvalue weighted by atomic mass is 9.95. The van der Waals surface area contributed by atoms with Crippen LogP contribution in [0.2, 0.25) is 0 Å². The molecule has 1 unspecified atom stereocenters. The number of amides is 1. The van der Waals surface area contributed by atoms with E-state index in [-0.39, 0.29) is 30.5 Å². The molecule has 1 aliphatic carbocycles. The highest BCUT2D eigenvalue weighted by molar-refractivity contribution is 5.99. The summed E-state index contributed by atoms with van der Waals surface area (Å²) in [6.45, 7) is 4.36. The molecule has 0 aromatic heterocycles. The fourth-order valence-electron chi connectivity index (χ4n) is 3.40.